The minimum atomic E-state index is 0.332. The Morgan fingerprint density at radius 1 is 1.30 bits per heavy atom. The van der Waals surface area contributed by atoms with Gasteiger partial charge in [-0.3, -0.25) is 0 Å². The maximum Gasteiger partial charge on any atom is 0.248 e. The van der Waals surface area contributed by atoms with E-state index in [2.05, 4.69) is 20.5 Å². The number of rotatable bonds is 4. The number of aromatic nitrogens is 5. The van der Waals surface area contributed by atoms with E-state index >= 15 is 0 Å². The Kier molecular flexibility index (Phi) is 3.47. The molecule has 2 aromatic heterocycles. The number of alkyl halides is 1. The summed E-state index contributed by atoms with van der Waals surface area (Å²) in [7, 11) is 0. The summed E-state index contributed by atoms with van der Waals surface area (Å²) in [6, 6.07) is 7.89. The summed E-state index contributed by atoms with van der Waals surface area (Å²) in [4.78, 5) is 4.37. The summed E-state index contributed by atoms with van der Waals surface area (Å²) in [6.07, 6.45) is 1.75. The first-order valence-electron chi connectivity index (χ1n) is 6.10. The number of hydrogen-bond acceptors (Lipinski definition) is 5. The highest BCUT2D eigenvalue weighted by molar-refractivity contribution is 6.16. The monoisotopic (exact) mass is 289 g/mol. The maximum atomic E-state index is 5.68. The van der Waals surface area contributed by atoms with Gasteiger partial charge in [0.15, 0.2) is 0 Å². The van der Waals surface area contributed by atoms with Gasteiger partial charge in [0.25, 0.3) is 0 Å². The Labute approximate surface area is 120 Å². The second-order valence-corrected chi connectivity index (χ2v) is 4.63. The predicted molar refractivity (Wildman–Crippen MR) is 73.2 cm³/mol. The molecule has 20 heavy (non-hydrogen) atoms. The van der Waals surface area contributed by atoms with E-state index < -0.39 is 0 Å². The molecule has 0 unspecified atom stereocenters. The molecule has 6 nitrogen and oxygen atoms in total. The molecule has 2 heterocycles. The summed E-state index contributed by atoms with van der Waals surface area (Å²) >= 11 is 5.68. The van der Waals surface area contributed by atoms with Crippen molar-refractivity contribution in [3.05, 3.63) is 47.6 Å². The molecule has 0 aliphatic heterocycles. The zero-order chi connectivity index (χ0) is 13.9. The van der Waals surface area contributed by atoms with Gasteiger partial charge in [0.1, 0.15) is 6.54 Å². The van der Waals surface area contributed by atoms with Crippen molar-refractivity contribution >= 4 is 11.6 Å². The lowest BCUT2D eigenvalue weighted by atomic mass is 10.1. The number of nitrogens with zero attached hydrogens (tertiary/aromatic N) is 5. The van der Waals surface area contributed by atoms with Crippen LogP contribution in [0.3, 0.4) is 0 Å². The highest BCUT2D eigenvalue weighted by Crippen LogP contribution is 2.19. The minimum Gasteiger partial charge on any atom is -0.337 e. The first kappa shape index (κ1) is 12.8. The van der Waals surface area contributed by atoms with Gasteiger partial charge in [-0.25, -0.2) is 4.68 Å². The molecule has 0 saturated carbocycles. The van der Waals surface area contributed by atoms with Gasteiger partial charge in [-0.05, 0) is 12.5 Å². The van der Waals surface area contributed by atoms with Crippen LogP contribution in [0.4, 0.5) is 0 Å². The molecule has 1 aromatic carbocycles. The molecule has 0 saturated heterocycles. The van der Waals surface area contributed by atoms with E-state index in [-0.39, 0.29) is 0 Å². The summed E-state index contributed by atoms with van der Waals surface area (Å²) in [6.45, 7) is 2.39. The molecule has 0 aliphatic rings. The lowest BCUT2D eigenvalue weighted by Gasteiger charge is -1.98. The topological polar surface area (TPSA) is 69.6 Å². The Morgan fingerprint density at radius 2 is 2.15 bits per heavy atom. The van der Waals surface area contributed by atoms with Crippen molar-refractivity contribution in [2.24, 2.45) is 0 Å². The standard InChI is InChI=1S/C13H12ClN5O/c1-9-4-2-3-5-11(9)13-15-12(20-17-13)8-19-7-10(6-14)16-18-19/h2-5,7H,6,8H2,1H3. The fourth-order valence-corrected chi connectivity index (χ4v) is 1.99. The third-order valence-electron chi connectivity index (χ3n) is 2.87. The van der Waals surface area contributed by atoms with Gasteiger partial charge in [-0.1, -0.05) is 34.6 Å². The summed E-state index contributed by atoms with van der Waals surface area (Å²) < 4.78 is 6.86. The van der Waals surface area contributed by atoms with Crippen molar-refractivity contribution in [3.8, 4) is 11.4 Å². The van der Waals surface area contributed by atoms with Gasteiger partial charge in [-0.15, -0.1) is 16.7 Å². The third kappa shape index (κ3) is 2.55. The van der Waals surface area contributed by atoms with Crippen molar-refractivity contribution < 1.29 is 4.52 Å². The van der Waals surface area contributed by atoms with E-state index in [0.717, 1.165) is 11.1 Å². The van der Waals surface area contributed by atoms with E-state index in [1.807, 2.05) is 31.2 Å². The van der Waals surface area contributed by atoms with Crippen LogP contribution >= 0.6 is 11.6 Å². The maximum absolute atomic E-state index is 5.68. The van der Waals surface area contributed by atoms with Crippen LogP contribution in [0.1, 0.15) is 17.1 Å². The van der Waals surface area contributed by atoms with E-state index in [4.69, 9.17) is 16.1 Å². The molecule has 0 aliphatic carbocycles. The molecule has 0 radical (unpaired) electrons. The molecule has 102 valence electrons. The van der Waals surface area contributed by atoms with Gasteiger partial charge < -0.3 is 4.52 Å². The smallest absolute Gasteiger partial charge is 0.248 e. The lowest BCUT2D eigenvalue weighted by molar-refractivity contribution is 0.364. The number of halogens is 1. The molecule has 3 aromatic rings. The largest absolute Gasteiger partial charge is 0.337 e. The molecular weight excluding hydrogens is 278 g/mol. The zero-order valence-corrected chi connectivity index (χ0v) is 11.6. The fraction of sp³-hybridized carbons (Fsp3) is 0.231. The van der Waals surface area contributed by atoms with Gasteiger partial charge in [-0.2, -0.15) is 4.98 Å². The zero-order valence-electron chi connectivity index (χ0n) is 10.8. The van der Waals surface area contributed by atoms with Crippen LogP contribution in [0.5, 0.6) is 0 Å². The quantitative estimate of drug-likeness (QED) is 0.690. The van der Waals surface area contributed by atoms with E-state index in [0.29, 0.717) is 29.8 Å². The highest BCUT2D eigenvalue weighted by atomic mass is 35.5. The summed E-state index contributed by atoms with van der Waals surface area (Å²) in [5.41, 5.74) is 2.78. The van der Waals surface area contributed by atoms with Crippen molar-refractivity contribution in [1.82, 2.24) is 25.1 Å². The van der Waals surface area contributed by atoms with E-state index in [1.54, 1.807) is 10.9 Å². The minimum absolute atomic E-state index is 0.332. The molecule has 7 heteroatoms. The van der Waals surface area contributed by atoms with Crippen molar-refractivity contribution in [2.75, 3.05) is 0 Å². The normalized spacial score (nSPS) is 10.9. The van der Waals surface area contributed by atoms with Crippen LogP contribution in [0.15, 0.2) is 35.0 Å². The Morgan fingerprint density at radius 3 is 2.90 bits per heavy atom. The summed E-state index contributed by atoms with van der Waals surface area (Å²) in [5, 5.41) is 11.8. The van der Waals surface area contributed by atoms with E-state index in [1.165, 1.54) is 0 Å². The Balaban J connectivity index is 1.82. The highest BCUT2D eigenvalue weighted by Gasteiger charge is 2.11. The van der Waals surface area contributed by atoms with Crippen molar-refractivity contribution in [3.63, 3.8) is 0 Å². The number of benzene rings is 1. The molecule has 0 fully saturated rings. The number of aryl methyl sites for hydroxylation is 1. The third-order valence-corrected chi connectivity index (χ3v) is 3.15. The first-order valence-corrected chi connectivity index (χ1v) is 6.63. The first-order chi connectivity index (χ1) is 9.76. The summed E-state index contributed by atoms with van der Waals surface area (Å²) in [5.74, 6) is 1.39. The average Bonchev–Trinajstić information content (AvgIpc) is 3.09. The lowest BCUT2D eigenvalue weighted by Crippen LogP contribution is -2.00. The van der Waals surface area contributed by atoms with Crippen LogP contribution < -0.4 is 0 Å². The SMILES string of the molecule is Cc1ccccc1-c1noc(Cn2cc(CCl)nn2)n1. The molecule has 0 spiro atoms. The average molecular weight is 290 g/mol. The second kappa shape index (κ2) is 5.42. The molecule has 0 atom stereocenters. The fourth-order valence-electron chi connectivity index (χ4n) is 1.87. The van der Waals surface area contributed by atoms with Gasteiger partial charge in [0.2, 0.25) is 11.7 Å². The molecule has 3 rings (SSSR count). The predicted octanol–water partition coefficient (Wildman–Crippen LogP) is 2.42. The van der Waals surface area contributed by atoms with E-state index in [9.17, 15) is 0 Å². The molecule has 0 N–H and O–H groups in total. The Bertz CT molecular complexity index is 721. The Hall–Kier alpha value is -2.21. The number of hydrogen-bond donors (Lipinski definition) is 0. The molecule has 0 amide bonds. The van der Waals surface area contributed by atoms with Crippen molar-refractivity contribution in [1.29, 1.82) is 0 Å². The van der Waals surface area contributed by atoms with Crippen molar-refractivity contribution in [2.45, 2.75) is 19.3 Å². The van der Waals surface area contributed by atoms with Crippen LogP contribution in [0.25, 0.3) is 11.4 Å². The van der Waals surface area contributed by atoms with Crippen LogP contribution in [0, 0.1) is 6.92 Å². The van der Waals surface area contributed by atoms with Gasteiger partial charge in [0, 0.05) is 5.56 Å². The van der Waals surface area contributed by atoms with Crippen LogP contribution in [-0.4, -0.2) is 25.1 Å². The molecule has 0 bridgehead atoms. The second-order valence-electron chi connectivity index (χ2n) is 4.37. The van der Waals surface area contributed by atoms with Crippen LogP contribution in [-0.2, 0) is 12.4 Å². The van der Waals surface area contributed by atoms with Gasteiger partial charge in [0.05, 0.1) is 17.8 Å². The van der Waals surface area contributed by atoms with Gasteiger partial charge >= 0.3 is 0 Å². The molecular formula is C13H12ClN5O. The van der Waals surface area contributed by atoms with Crippen LogP contribution in [0.2, 0.25) is 0 Å².